The smallest absolute Gasteiger partial charge is 0.224 e. The number of carbonyl (C=O) groups is 1. The molecule has 2 aliphatic heterocycles. The molecule has 1 aromatic carbocycles. The number of hydrogen-bond donors (Lipinski definition) is 3. The maximum atomic E-state index is 11.7. The molecule has 0 aliphatic carbocycles. The fraction of sp³-hybridized carbons (Fsp3) is 0.600. The number of benzene rings is 1. The van der Waals surface area contributed by atoms with Crippen LogP contribution in [0.15, 0.2) is 30.5 Å². The number of nitrogens with zero attached hydrogens (tertiary/aromatic N) is 6. The van der Waals surface area contributed by atoms with E-state index in [9.17, 15) is 9.90 Å². The Balaban J connectivity index is 1.24. The molecule has 3 aromatic rings. The van der Waals surface area contributed by atoms with Gasteiger partial charge in [-0.25, -0.2) is 9.67 Å². The Morgan fingerprint density at radius 3 is 2.67 bits per heavy atom. The SMILES string of the molecule is CC(=O)N1CCC(Nc2ncc3c(NC[C@H](O)CN4CCc5ccccc5C4)nn(COCC[Si](C)(C)C)c3n2)CC1. The van der Waals surface area contributed by atoms with E-state index in [0.717, 1.165) is 56.9 Å². The Morgan fingerprint density at radius 2 is 1.93 bits per heavy atom. The molecule has 11 nitrogen and oxygen atoms in total. The lowest BCUT2D eigenvalue weighted by atomic mass is 10.00. The Labute approximate surface area is 249 Å². The number of aromatic nitrogens is 4. The van der Waals surface area contributed by atoms with Gasteiger partial charge in [-0.1, -0.05) is 43.9 Å². The van der Waals surface area contributed by atoms with Gasteiger partial charge in [0.05, 0.1) is 11.5 Å². The zero-order valence-corrected chi connectivity index (χ0v) is 26.5. The number of likely N-dealkylation sites (tertiary alicyclic amines) is 1. The van der Waals surface area contributed by atoms with E-state index in [1.807, 2.05) is 4.90 Å². The third-order valence-corrected chi connectivity index (χ3v) is 9.86. The minimum absolute atomic E-state index is 0.121. The third kappa shape index (κ3) is 8.06. The minimum atomic E-state index is -1.21. The summed E-state index contributed by atoms with van der Waals surface area (Å²) in [5.41, 5.74) is 3.43. The van der Waals surface area contributed by atoms with Crippen LogP contribution in [0.5, 0.6) is 0 Å². The molecule has 4 heterocycles. The van der Waals surface area contributed by atoms with E-state index in [0.29, 0.717) is 43.8 Å². The highest BCUT2D eigenvalue weighted by Crippen LogP contribution is 2.24. The average Bonchev–Trinajstić information content (AvgIpc) is 3.30. The molecule has 12 heteroatoms. The second-order valence-corrected chi connectivity index (χ2v) is 18.5. The Hall–Kier alpha value is -3.06. The van der Waals surface area contributed by atoms with E-state index < -0.39 is 14.2 Å². The van der Waals surface area contributed by atoms with E-state index >= 15 is 0 Å². The number of carbonyl (C=O) groups excluding carboxylic acids is 1. The summed E-state index contributed by atoms with van der Waals surface area (Å²) in [7, 11) is -1.21. The van der Waals surface area contributed by atoms with Crippen LogP contribution >= 0.6 is 0 Å². The molecular weight excluding hydrogens is 548 g/mol. The standard InChI is InChI=1S/C30H46N8O3Si/c1-22(39)37-13-10-25(11-14-37)33-30-32-18-27-28(35-38(29(27)34-30)21-41-15-16-42(2,3)4)31-17-26(40)20-36-12-9-23-7-5-6-8-24(23)19-36/h5-8,18,25-26,40H,9-17,19-21H2,1-4H3,(H,31,35)(H,32,33,34)/t26-/m0/s1. The molecule has 3 N–H and O–H groups in total. The van der Waals surface area contributed by atoms with Gasteiger partial charge in [-0.15, -0.1) is 0 Å². The molecule has 0 unspecified atom stereocenters. The monoisotopic (exact) mass is 594 g/mol. The number of rotatable bonds is 12. The van der Waals surface area contributed by atoms with Crippen molar-refractivity contribution in [2.45, 2.75) is 77.3 Å². The van der Waals surface area contributed by atoms with Crippen LogP contribution in [0.2, 0.25) is 25.7 Å². The lowest BCUT2D eigenvalue weighted by Gasteiger charge is -2.31. The summed E-state index contributed by atoms with van der Waals surface area (Å²) in [5.74, 6) is 1.31. The first-order chi connectivity index (χ1) is 20.1. The van der Waals surface area contributed by atoms with Crippen molar-refractivity contribution in [3.05, 3.63) is 41.6 Å². The van der Waals surface area contributed by atoms with Crippen molar-refractivity contribution in [1.82, 2.24) is 29.5 Å². The molecule has 0 spiro atoms. The van der Waals surface area contributed by atoms with Gasteiger partial charge in [-0.05, 0) is 36.4 Å². The lowest BCUT2D eigenvalue weighted by molar-refractivity contribution is -0.129. The number of fused-ring (bicyclic) bond motifs is 2. The van der Waals surface area contributed by atoms with Crippen molar-refractivity contribution in [2.75, 3.05) is 50.0 Å². The number of nitrogens with one attached hydrogen (secondary N) is 2. The molecule has 0 saturated carbocycles. The number of β-amino-alcohol motifs (C(OH)–C–C–N with tert-alkyl or cyclic N) is 1. The molecule has 1 saturated heterocycles. The Morgan fingerprint density at radius 1 is 1.17 bits per heavy atom. The molecule has 42 heavy (non-hydrogen) atoms. The van der Waals surface area contributed by atoms with E-state index in [4.69, 9.17) is 14.8 Å². The second kappa shape index (κ2) is 13.5. The molecule has 2 aliphatic rings. The van der Waals surface area contributed by atoms with Crippen molar-refractivity contribution in [3.63, 3.8) is 0 Å². The highest BCUT2D eigenvalue weighted by Gasteiger charge is 2.23. The summed E-state index contributed by atoms with van der Waals surface area (Å²) >= 11 is 0. The molecule has 2 aromatic heterocycles. The van der Waals surface area contributed by atoms with Gasteiger partial charge < -0.3 is 25.4 Å². The molecule has 1 atom stereocenters. The molecule has 0 radical (unpaired) electrons. The van der Waals surface area contributed by atoms with Crippen molar-refractivity contribution in [2.24, 2.45) is 0 Å². The Kier molecular flexibility index (Phi) is 9.76. The predicted octanol–water partition coefficient (Wildman–Crippen LogP) is 3.39. The molecule has 1 fully saturated rings. The quantitative estimate of drug-likeness (QED) is 0.214. The average molecular weight is 595 g/mol. The van der Waals surface area contributed by atoms with Crippen molar-refractivity contribution < 1.29 is 14.6 Å². The molecule has 228 valence electrons. The summed E-state index contributed by atoms with van der Waals surface area (Å²) in [6, 6.07) is 9.82. The van der Waals surface area contributed by atoms with Crippen molar-refractivity contribution >= 4 is 36.8 Å². The first kappa shape index (κ1) is 30.4. The highest BCUT2D eigenvalue weighted by molar-refractivity contribution is 6.76. The first-order valence-electron chi connectivity index (χ1n) is 15.2. The number of ether oxygens (including phenoxy) is 1. The number of amides is 1. The van der Waals surface area contributed by atoms with E-state index in [1.165, 1.54) is 11.1 Å². The van der Waals surface area contributed by atoms with E-state index in [-0.39, 0.29) is 11.9 Å². The van der Waals surface area contributed by atoms with E-state index in [2.05, 4.69) is 64.4 Å². The van der Waals surface area contributed by atoms with Crippen LogP contribution < -0.4 is 10.6 Å². The highest BCUT2D eigenvalue weighted by atomic mass is 28.3. The van der Waals surface area contributed by atoms with Gasteiger partial charge in [-0.3, -0.25) is 9.69 Å². The van der Waals surface area contributed by atoms with Gasteiger partial charge in [0.25, 0.3) is 0 Å². The van der Waals surface area contributed by atoms with E-state index in [1.54, 1.807) is 17.8 Å². The third-order valence-electron chi connectivity index (χ3n) is 8.16. The van der Waals surface area contributed by atoms with Gasteiger partial charge in [0.15, 0.2) is 11.5 Å². The summed E-state index contributed by atoms with van der Waals surface area (Å²) in [4.78, 5) is 25.3. The van der Waals surface area contributed by atoms with Crippen LogP contribution in [-0.4, -0.2) is 100 Å². The maximum absolute atomic E-state index is 11.7. The summed E-state index contributed by atoms with van der Waals surface area (Å²) in [5, 5.41) is 23.3. The second-order valence-electron chi connectivity index (χ2n) is 12.8. The normalized spacial score (nSPS) is 17.3. The van der Waals surface area contributed by atoms with Crippen LogP contribution in [0, 0.1) is 0 Å². The number of hydrogen-bond acceptors (Lipinski definition) is 9. The van der Waals surface area contributed by atoms with Crippen LogP contribution in [-0.2, 0) is 29.2 Å². The number of piperidine rings is 1. The van der Waals surface area contributed by atoms with Gasteiger partial charge >= 0.3 is 0 Å². The van der Waals surface area contributed by atoms with Crippen LogP contribution in [0.1, 0.15) is 30.9 Å². The number of aliphatic hydroxyl groups is 1. The first-order valence-corrected chi connectivity index (χ1v) is 18.9. The van der Waals surface area contributed by atoms with Crippen LogP contribution in [0.4, 0.5) is 11.8 Å². The van der Waals surface area contributed by atoms with Crippen molar-refractivity contribution in [1.29, 1.82) is 0 Å². The van der Waals surface area contributed by atoms with Gasteiger partial charge in [0, 0.05) is 73.1 Å². The summed E-state index contributed by atoms with van der Waals surface area (Å²) in [6.07, 6.45) is 3.95. The molecule has 1 amide bonds. The van der Waals surface area contributed by atoms with Gasteiger partial charge in [0.1, 0.15) is 6.73 Å². The van der Waals surface area contributed by atoms with Crippen LogP contribution in [0.25, 0.3) is 11.0 Å². The largest absolute Gasteiger partial charge is 0.390 e. The molecule has 5 rings (SSSR count). The number of aliphatic hydroxyl groups excluding tert-OH is 1. The maximum Gasteiger partial charge on any atom is 0.224 e. The summed E-state index contributed by atoms with van der Waals surface area (Å²) < 4.78 is 7.81. The fourth-order valence-electron chi connectivity index (χ4n) is 5.59. The minimum Gasteiger partial charge on any atom is -0.390 e. The zero-order chi connectivity index (χ0) is 29.7. The fourth-order valence-corrected chi connectivity index (χ4v) is 6.34. The molecular formula is C30H46N8O3Si. The lowest BCUT2D eigenvalue weighted by Crippen LogP contribution is -2.41. The van der Waals surface area contributed by atoms with Gasteiger partial charge in [-0.2, -0.15) is 10.1 Å². The van der Waals surface area contributed by atoms with Crippen molar-refractivity contribution in [3.8, 4) is 0 Å². The predicted molar refractivity (Wildman–Crippen MR) is 168 cm³/mol. The number of anilines is 2. The van der Waals surface area contributed by atoms with Gasteiger partial charge in [0.2, 0.25) is 11.9 Å². The topological polar surface area (TPSA) is 121 Å². The zero-order valence-electron chi connectivity index (χ0n) is 25.5. The molecule has 0 bridgehead atoms. The van der Waals surface area contributed by atoms with Crippen LogP contribution in [0.3, 0.4) is 0 Å². The summed E-state index contributed by atoms with van der Waals surface area (Å²) in [6.45, 7) is 13.8. The Bertz CT molecular complexity index is 1350.